The van der Waals surface area contributed by atoms with Crippen molar-refractivity contribution < 1.29 is 17.9 Å². The summed E-state index contributed by atoms with van der Waals surface area (Å²) in [7, 11) is 0. The highest BCUT2D eigenvalue weighted by molar-refractivity contribution is 6.30. The van der Waals surface area contributed by atoms with Gasteiger partial charge >= 0.3 is 6.18 Å². The molecule has 0 saturated carbocycles. The third-order valence-electron chi connectivity index (χ3n) is 2.33. The molecule has 1 aromatic rings. The number of rotatable bonds is 4. The smallest absolute Gasteiger partial charge is 0.401 e. The summed E-state index contributed by atoms with van der Waals surface area (Å²) < 4.78 is 42.6. The molecular formula is C11H12ClF3N2O. The highest BCUT2D eigenvalue weighted by Crippen LogP contribution is 2.28. The molecule has 7 heteroatoms. The van der Waals surface area contributed by atoms with Gasteiger partial charge in [0.15, 0.2) is 0 Å². The topological polar surface area (TPSA) is 59.1 Å². The van der Waals surface area contributed by atoms with Crippen LogP contribution in [0.4, 0.5) is 13.2 Å². The van der Waals surface area contributed by atoms with Crippen LogP contribution in [0.5, 0.6) is 5.75 Å². The Bertz CT molecular complexity index is 448. The van der Waals surface area contributed by atoms with Crippen molar-refractivity contribution in [2.24, 2.45) is 11.7 Å². The van der Waals surface area contributed by atoms with Crippen molar-refractivity contribution >= 4 is 17.4 Å². The minimum Gasteiger partial charge on any atom is -0.492 e. The Morgan fingerprint density at radius 2 is 2.11 bits per heavy atom. The summed E-state index contributed by atoms with van der Waals surface area (Å²) in [6.45, 7) is 0.946. The van der Waals surface area contributed by atoms with Gasteiger partial charge in [-0.15, -0.1) is 0 Å². The average Bonchev–Trinajstić information content (AvgIpc) is 2.20. The van der Waals surface area contributed by atoms with Crippen molar-refractivity contribution in [1.29, 1.82) is 5.41 Å². The van der Waals surface area contributed by atoms with Gasteiger partial charge in [-0.25, -0.2) is 0 Å². The van der Waals surface area contributed by atoms with E-state index in [4.69, 9.17) is 27.5 Å². The molecule has 0 aliphatic carbocycles. The molecule has 18 heavy (non-hydrogen) atoms. The number of nitrogens with one attached hydrogen (secondary N) is 1. The zero-order valence-corrected chi connectivity index (χ0v) is 10.3. The lowest BCUT2D eigenvalue weighted by Gasteiger charge is -2.20. The van der Waals surface area contributed by atoms with Crippen LogP contribution in [0.3, 0.4) is 0 Å². The van der Waals surface area contributed by atoms with Gasteiger partial charge in [0.25, 0.3) is 0 Å². The predicted molar refractivity (Wildman–Crippen MR) is 63.1 cm³/mol. The molecule has 0 fully saturated rings. The average molecular weight is 281 g/mol. The molecule has 3 nitrogen and oxygen atoms in total. The van der Waals surface area contributed by atoms with Crippen molar-refractivity contribution in [2.75, 3.05) is 6.61 Å². The molecule has 3 N–H and O–H groups in total. The van der Waals surface area contributed by atoms with Crippen molar-refractivity contribution in [1.82, 2.24) is 0 Å². The third kappa shape index (κ3) is 3.80. The van der Waals surface area contributed by atoms with Gasteiger partial charge in [-0.3, -0.25) is 5.41 Å². The van der Waals surface area contributed by atoms with Crippen LogP contribution in [-0.2, 0) is 0 Å². The van der Waals surface area contributed by atoms with Gasteiger partial charge < -0.3 is 10.5 Å². The molecule has 1 aromatic carbocycles. The zero-order valence-electron chi connectivity index (χ0n) is 9.51. The van der Waals surface area contributed by atoms with E-state index >= 15 is 0 Å². The fourth-order valence-electron chi connectivity index (χ4n) is 1.26. The van der Waals surface area contributed by atoms with Crippen LogP contribution in [0.2, 0.25) is 5.02 Å². The largest absolute Gasteiger partial charge is 0.492 e. The lowest BCUT2D eigenvalue weighted by molar-refractivity contribution is -0.162. The van der Waals surface area contributed by atoms with E-state index in [1.807, 2.05) is 0 Å². The van der Waals surface area contributed by atoms with Crippen LogP contribution in [0, 0.1) is 18.3 Å². The maximum absolute atomic E-state index is 12.5. The molecular weight excluding hydrogens is 269 g/mol. The quantitative estimate of drug-likeness (QED) is 0.657. The summed E-state index contributed by atoms with van der Waals surface area (Å²) in [5.74, 6) is -2.84. The minimum atomic E-state index is -4.60. The van der Waals surface area contributed by atoms with E-state index in [1.54, 1.807) is 19.1 Å². The molecule has 1 unspecified atom stereocenters. The van der Waals surface area contributed by atoms with Crippen molar-refractivity contribution in [3.63, 3.8) is 0 Å². The van der Waals surface area contributed by atoms with Gasteiger partial charge in [-0.2, -0.15) is 13.2 Å². The van der Waals surface area contributed by atoms with Crippen LogP contribution in [0.15, 0.2) is 18.2 Å². The first kappa shape index (κ1) is 14.6. The highest BCUT2D eigenvalue weighted by atomic mass is 35.5. The Labute approximate surface area is 107 Å². The molecule has 0 aliphatic rings. The summed E-state index contributed by atoms with van der Waals surface area (Å²) in [5.41, 5.74) is 5.57. The van der Waals surface area contributed by atoms with E-state index < -0.39 is 24.5 Å². The molecule has 1 atom stereocenters. The number of amidine groups is 1. The molecule has 0 spiro atoms. The van der Waals surface area contributed by atoms with Gasteiger partial charge in [-0.1, -0.05) is 17.7 Å². The SMILES string of the molecule is Cc1ccc(Cl)cc1OCC(C(=N)N)C(F)(F)F. The lowest BCUT2D eigenvalue weighted by Crippen LogP contribution is -2.39. The summed E-state index contributed by atoms with van der Waals surface area (Å²) in [6, 6.07) is 4.66. The molecule has 0 heterocycles. The van der Waals surface area contributed by atoms with Gasteiger partial charge in [0.2, 0.25) is 0 Å². The van der Waals surface area contributed by atoms with Crippen LogP contribution in [0.25, 0.3) is 0 Å². The van der Waals surface area contributed by atoms with E-state index in [1.165, 1.54) is 6.07 Å². The second kappa shape index (κ2) is 5.48. The monoisotopic (exact) mass is 280 g/mol. The summed E-state index contributed by atoms with van der Waals surface area (Å²) >= 11 is 5.72. The second-order valence-corrected chi connectivity index (χ2v) is 4.21. The van der Waals surface area contributed by atoms with Crippen LogP contribution in [-0.4, -0.2) is 18.6 Å². The molecule has 0 bridgehead atoms. The maximum atomic E-state index is 12.5. The van der Waals surface area contributed by atoms with E-state index in [2.05, 4.69) is 0 Å². The normalized spacial score (nSPS) is 13.2. The molecule has 0 radical (unpaired) electrons. The zero-order chi connectivity index (χ0) is 13.9. The van der Waals surface area contributed by atoms with Crippen molar-refractivity contribution in [3.8, 4) is 5.75 Å². The third-order valence-corrected chi connectivity index (χ3v) is 2.56. The van der Waals surface area contributed by atoms with Crippen LogP contribution >= 0.6 is 11.6 Å². The van der Waals surface area contributed by atoms with Gasteiger partial charge in [0.05, 0.1) is 0 Å². The Morgan fingerprint density at radius 3 is 2.61 bits per heavy atom. The van der Waals surface area contributed by atoms with E-state index in [0.717, 1.165) is 0 Å². The molecule has 1 rings (SSSR count). The van der Waals surface area contributed by atoms with E-state index in [9.17, 15) is 13.2 Å². The van der Waals surface area contributed by atoms with Crippen molar-refractivity contribution in [2.45, 2.75) is 13.1 Å². The Hall–Kier alpha value is -1.43. The number of hydrogen-bond donors (Lipinski definition) is 2. The number of nitrogens with two attached hydrogens (primary N) is 1. The maximum Gasteiger partial charge on any atom is 0.401 e. The second-order valence-electron chi connectivity index (χ2n) is 3.77. The number of benzene rings is 1. The first-order chi connectivity index (χ1) is 8.21. The molecule has 0 aromatic heterocycles. The molecule has 0 saturated heterocycles. The van der Waals surface area contributed by atoms with Crippen molar-refractivity contribution in [3.05, 3.63) is 28.8 Å². The predicted octanol–water partition coefficient (Wildman–Crippen LogP) is 3.14. The van der Waals surface area contributed by atoms with Gasteiger partial charge in [-0.05, 0) is 24.6 Å². The van der Waals surface area contributed by atoms with Crippen LogP contribution in [0.1, 0.15) is 5.56 Å². The number of hydrogen-bond acceptors (Lipinski definition) is 2. The number of ether oxygens (including phenoxy) is 1. The molecule has 0 amide bonds. The Morgan fingerprint density at radius 1 is 1.50 bits per heavy atom. The van der Waals surface area contributed by atoms with E-state index in [-0.39, 0.29) is 5.75 Å². The standard InChI is InChI=1S/C11H12ClF3N2O/c1-6-2-3-7(12)4-9(6)18-5-8(10(16)17)11(13,14)15/h2-4,8H,5H2,1H3,(H3,16,17). The van der Waals surface area contributed by atoms with Gasteiger partial charge in [0, 0.05) is 5.02 Å². The number of halogens is 4. The fraction of sp³-hybridized carbons (Fsp3) is 0.364. The Balaban J connectivity index is 2.79. The summed E-state index contributed by atoms with van der Waals surface area (Å²) in [4.78, 5) is 0. The fourth-order valence-corrected chi connectivity index (χ4v) is 1.43. The van der Waals surface area contributed by atoms with E-state index in [0.29, 0.717) is 10.6 Å². The first-order valence-electron chi connectivity index (χ1n) is 5.01. The lowest BCUT2D eigenvalue weighted by atomic mass is 10.1. The number of aryl methyl sites for hydroxylation is 1. The van der Waals surface area contributed by atoms with Gasteiger partial charge in [0.1, 0.15) is 24.1 Å². The molecule has 100 valence electrons. The van der Waals surface area contributed by atoms with Crippen LogP contribution < -0.4 is 10.5 Å². The minimum absolute atomic E-state index is 0.248. The highest BCUT2D eigenvalue weighted by Gasteiger charge is 2.42. The Kier molecular flexibility index (Phi) is 4.45. The summed E-state index contributed by atoms with van der Waals surface area (Å²) in [5, 5.41) is 7.28. The molecule has 0 aliphatic heterocycles. The number of alkyl halides is 3. The first-order valence-corrected chi connectivity index (χ1v) is 5.39. The summed E-state index contributed by atoms with van der Waals surface area (Å²) in [6.07, 6.45) is -4.60.